The number of rotatable bonds is 1. The van der Waals surface area contributed by atoms with Gasteiger partial charge in [-0.15, -0.1) is 0 Å². The van der Waals surface area contributed by atoms with Crippen molar-refractivity contribution in [1.82, 2.24) is 9.97 Å². The fourth-order valence-electron chi connectivity index (χ4n) is 2.07. The van der Waals surface area contributed by atoms with Crippen molar-refractivity contribution in [2.75, 3.05) is 13.2 Å². The van der Waals surface area contributed by atoms with E-state index >= 15 is 0 Å². The Bertz CT molecular complexity index is 439. The molecule has 18 heavy (non-hydrogen) atoms. The topological polar surface area (TPSA) is 35.0 Å². The van der Waals surface area contributed by atoms with Crippen LogP contribution in [-0.4, -0.2) is 23.2 Å². The lowest BCUT2D eigenvalue weighted by Gasteiger charge is -2.25. The highest BCUT2D eigenvalue weighted by molar-refractivity contribution is 9.10. The molecule has 1 aromatic rings. The van der Waals surface area contributed by atoms with E-state index in [1.807, 2.05) is 0 Å². The monoisotopic (exact) mass is 332 g/mol. The van der Waals surface area contributed by atoms with Crippen LogP contribution in [-0.2, 0) is 10.2 Å². The Balaban J connectivity index is 2.40. The smallest absolute Gasteiger partial charge is 0.147 e. The van der Waals surface area contributed by atoms with Gasteiger partial charge in [0, 0.05) is 24.5 Å². The first kappa shape index (κ1) is 14.2. The maximum absolute atomic E-state index is 6.22. The van der Waals surface area contributed by atoms with Gasteiger partial charge in [0.15, 0.2) is 0 Å². The van der Waals surface area contributed by atoms with Crippen LogP contribution in [0.1, 0.15) is 51.0 Å². The molecular weight excluding hydrogens is 316 g/mol. The average Bonchev–Trinajstić information content (AvgIpc) is 2.32. The predicted octanol–water partition coefficient (Wildman–Crippen LogP) is 4.08. The van der Waals surface area contributed by atoms with Crippen LogP contribution in [0.3, 0.4) is 0 Å². The summed E-state index contributed by atoms with van der Waals surface area (Å²) in [6.07, 6.45) is 1.95. The van der Waals surface area contributed by atoms with Crippen LogP contribution in [0.15, 0.2) is 4.47 Å². The van der Waals surface area contributed by atoms with Gasteiger partial charge in [-0.25, -0.2) is 9.97 Å². The third-order valence-electron chi connectivity index (χ3n) is 3.12. The normalized spacial score (nSPS) is 18.1. The van der Waals surface area contributed by atoms with Crippen molar-refractivity contribution in [1.29, 1.82) is 0 Å². The maximum atomic E-state index is 6.22. The molecule has 0 unspecified atom stereocenters. The number of hydrogen-bond donors (Lipinski definition) is 0. The van der Waals surface area contributed by atoms with Crippen molar-refractivity contribution in [3.63, 3.8) is 0 Å². The molecule has 100 valence electrons. The molecule has 0 aliphatic carbocycles. The first-order valence-corrected chi connectivity index (χ1v) is 7.38. The van der Waals surface area contributed by atoms with E-state index in [0.717, 1.165) is 42.0 Å². The minimum atomic E-state index is -0.0503. The summed E-state index contributed by atoms with van der Waals surface area (Å²) in [4.78, 5) is 9.15. The molecule has 2 heterocycles. The second-order valence-corrected chi connectivity index (χ2v) is 6.82. The van der Waals surface area contributed by atoms with E-state index in [1.165, 1.54) is 0 Å². The molecule has 5 heteroatoms. The van der Waals surface area contributed by atoms with E-state index < -0.39 is 0 Å². The van der Waals surface area contributed by atoms with Crippen LogP contribution in [0.4, 0.5) is 0 Å². The second-order valence-electron chi connectivity index (χ2n) is 5.67. The third-order valence-corrected chi connectivity index (χ3v) is 4.38. The lowest BCUT2D eigenvalue weighted by molar-refractivity contribution is 0.0835. The fraction of sp³-hybridized carbons (Fsp3) is 0.692. The van der Waals surface area contributed by atoms with Gasteiger partial charge in [0.05, 0.1) is 10.2 Å². The van der Waals surface area contributed by atoms with Crippen LogP contribution < -0.4 is 0 Å². The maximum Gasteiger partial charge on any atom is 0.147 e. The molecule has 1 saturated heterocycles. The zero-order chi connectivity index (χ0) is 13.3. The molecule has 0 spiro atoms. The van der Waals surface area contributed by atoms with Crippen LogP contribution in [0, 0.1) is 0 Å². The van der Waals surface area contributed by atoms with Gasteiger partial charge in [-0.2, -0.15) is 0 Å². The molecule has 0 aromatic carbocycles. The Morgan fingerprint density at radius 1 is 1.22 bits per heavy atom. The van der Waals surface area contributed by atoms with Gasteiger partial charge in [-0.3, -0.25) is 0 Å². The molecule has 0 N–H and O–H groups in total. The van der Waals surface area contributed by atoms with Crippen LogP contribution in [0.5, 0.6) is 0 Å². The van der Waals surface area contributed by atoms with Crippen molar-refractivity contribution in [3.05, 3.63) is 21.1 Å². The van der Waals surface area contributed by atoms with Crippen molar-refractivity contribution >= 4 is 27.5 Å². The lowest BCUT2D eigenvalue weighted by atomic mass is 9.91. The summed E-state index contributed by atoms with van der Waals surface area (Å²) in [5.41, 5.74) is 0.926. The highest BCUT2D eigenvalue weighted by Crippen LogP contribution is 2.34. The van der Waals surface area contributed by atoms with Gasteiger partial charge in [0.1, 0.15) is 11.0 Å². The molecule has 1 fully saturated rings. The van der Waals surface area contributed by atoms with Crippen LogP contribution in [0.2, 0.25) is 5.15 Å². The molecule has 3 nitrogen and oxygen atoms in total. The molecule has 0 radical (unpaired) electrons. The first-order valence-electron chi connectivity index (χ1n) is 6.20. The summed E-state index contributed by atoms with van der Waals surface area (Å²) in [5, 5.41) is 0.511. The highest BCUT2D eigenvalue weighted by Gasteiger charge is 2.26. The van der Waals surface area contributed by atoms with E-state index in [-0.39, 0.29) is 5.41 Å². The predicted molar refractivity (Wildman–Crippen MR) is 76.2 cm³/mol. The van der Waals surface area contributed by atoms with E-state index in [0.29, 0.717) is 11.1 Å². The molecule has 1 aromatic heterocycles. The Morgan fingerprint density at radius 3 is 2.39 bits per heavy atom. The van der Waals surface area contributed by atoms with Crippen molar-refractivity contribution < 1.29 is 4.74 Å². The van der Waals surface area contributed by atoms with E-state index in [4.69, 9.17) is 21.3 Å². The number of hydrogen-bond acceptors (Lipinski definition) is 3. The average molecular weight is 334 g/mol. The van der Waals surface area contributed by atoms with Crippen LogP contribution >= 0.6 is 27.5 Å². The molecule has 2 rings (SSSR count). The fourth-order valence-corrected chi connectivity index (χ4v) is 3.02. The Hall–Kier alpha value is -0.190. The SMILES string of the molecule is CC(C)(C)c1nc(C2CCOCC2)nc(Cl)c1Br. The summed E-state index contributed by atoms with van der Waals surface area (Å²) >= 11 is 9.71. The molecule has 0 atom stereocenters. The molecule has 0 amide bonds. The van der Waals surface area contributed by atoms with Crippen molar-refractivity contribution in [3.8, 4) is 0 Å². The minimum Gasteiger partial charge on any atom is -0.381 e. The Labute approximate surface area is 121 Å². The van der Waals surface area contributed by atoms with Gasteiger partial charge >= 0.3 is 0 Å². The Morgan fingerprint density at radius 2 is 1.83 bits per heavy atom. The summed E-state index contributed by atoms with van der Waals surface area (Å²) in [5.74, 6) is 1.22. The van der Waals surface area contributed by atoms with E-state index in [9.17, 15) is 0 Å². The highest BCUT2D eigenvalue weighted by atomic mass is 79.9. The van der Waals surface area contributed by atoms with Gasteiger partial charge in [-0.1, -0.05) is 32.4 Å². The zero-order valence-electron chi connectivity index (χ0n) is 11.0. The van der Waals surface area contributed by atoms with Crippen LogP contribution in [0.25, 0.3) is 0 Å². The van der Waals surface area contributed by atoms with Gasteiger partial charge in [-0.05, 0) is 28.8 Å². The van der Waals surface area contributed by atoms with E-state index in [2.05, 4.69) is 41.7 Å². The van der Waals surface area contributed by atoms with Crippen molar-refractivity contribution in [2.24, 2.45) is 0 Å². The van der Waals surface area contributed by atoms with E-state index in [1.54, 1.807) is 0 Å². The summed E-state index contributed by atoms with van der Waals surface area (Å²) in [7, 11) is 0. The molecule has 1 aliphatic heterocycles. The molecular formula is C13H18BrClN2O. The van der Waals surface area contributed by atoms with Gasteiger partial charge < -0.3 is 4.74 Å². The number of aromatic nitrogens is 2. The summed E-state index contributed by atoms with van der Waals surface area (Å²) < 4.78 is 6.19. The number of nitrogens with zero attached hydrogens (tertiary/aromatic N) is 2. The number of ether oxygens (including phenoxy) is 1. The molecule has 0 bridgehead atoms. The molecule has 1 aliphatic rings. The third kappa shape index (κ3) is 3.03. The molecule has 0 saturated carbocycles. The standard InChI is InChI=1S/C13H18BrClN2O/c1-13(2,3)10-9(14)11(15)17-12(16-10)8-4-6-18-7-5-8/h8H,4-7H2,1-3H3. The second kappa shape index (κ2) is 5.43. The Kier molecular flexibility index (Phi) is 4.29. The lowest BCUT2D eigenvalue weighted by Crippen LogP contribution is -2.21. The quantitative estimate of drug-likeness (QED) is 0.726. The summed E-state index contributed by atoms with van der Waals surface area (Å²) in [6.45, 7) is 7.96. The van der Waals surface area contributed by atoms with Gasteiger partial charge in [0.2, 0.25) is 0 Å². The minimum absolute atomic E-state index is 0.0503. The van der Waals surface area contributed by atoms with Crippen molar-refractivity contribution in [2.45, 2.75) is 44.9 Å². The first-order chi connectivity index (χ1) is 8.39. The largest absolute Gasteiger partial charge is 0.381 e. The zero-order valence-corrected chi connectivity index (χ0v) is 13.3. The number of halogens is 2. The van der Waals surface area contributed by atoms with Gasteiger partial charge in [0.25, 0.3) is 0 Å². The summed E-state index contributed by atoms with van der Waals surface area (Å²) in [6, 6.07) is 0.